The molecule has 0 aliphatic carbocycles. The monoisotopic (exact) mass is 456 g/mol. The van der Waals surface area contributed by atoms with E-state index in [0.717, 1.165) is 0 Å². The number of ether oxygens (including phenoxy) is 2. The number of phenols is 1. The number of amides is 2. The van der Waals surface area contributed by atoms with E-state index in [4.69, 9.17) is 14.6 Å². The maximum absolute atomic E-state index is 12.7. The molecule has 0 aliphatic heterocycles. The summed E-state index contributed by atoms with van der Waals surface area (Å²) in [6.45, 7) is 9.49. The van der Waals surface area contributed by atoms with Crippen LogP contribution in [-0.4, -0.2) is 40.2 Å². The number of halogens is 1. The molecule has 0 aliphatic rings. The zero-order valence-corrected chi connectivity index (χ0v) is 18.4. The summed E-state index contributed by atoms with van der Waals surface area (Å²) >= 11 is 3.24. The fraction of sp³-hybridized carbons (Fsp3) is 0.526. The Balaban J connectivity index is 3.64. The van der Waals surface area contributed by atoms with Gasteiger partial charge in [0.25, 0.3) is 0 Å². The van der Waals surface area contributed by atoms with Crippen LogP contribution in [0.15, 0.2) is 10.5 Å². The van der Waals surface area contributed by atoms with Gasteiger partial charge in [-0.2, -0.15) is 10.2 Å². The number of hydrogen-bond donors (Lipinski definition) is 2. The number of benzene rings is 1. The first-order valence-electron chi connectivity index (χ1n) is 8.53. The van der Waals surface area contributed by atoms with Crippen LogP contribution in [0.5, 0.6) is 5.75 Å². The molecule has 1 aromatic rings. The van der Waals surface area contributed by atoms with E-state index in [1.165, 1.54) is 6.07 Å². The van der Waals surface area contributed by atoms with Crippen molar-refractivity contribution in [3.63, 3.8) is 0 Å². The Kier molecular flexibility index (Phi) is 7.45. The Morgan fingerprint density at radius 3 is 1.96 bits per heavy atom. The Morgan fingerprint density at radius 1 is 1.14 bits per heavy atom. The third-order valence-corrected chi connectivity index (χ3v) is 3.90. The van der Waals surface area contributed by atoms with Crippen LogP contribution >= 0.6 is 15.9 Å². The Bertz CT molecular complexity index is 775. The molecule has 0 unspecified atom stereocenters. The largest absolute Gasteiger partial charge is 0.506 e. The molecule has 0 atom stereocenters. The number of aromatic hydroxyl groups is 1. The number of carbonyl (C=O) groups excluding carboxylic acids is 2. The predicted molar refractivity (Wildman–Crippen MR) is 106 cm³/mol. The van der Waals surface area contributed by atoms with Crippen molar-refractivity contribution >= 4 is 33.8 Å². The minimum Gasteiger partial charge on any atom is -0.506 e. The lowest BCUT2D eigenvalue weighted by Crippen LogP contribution is -2.44. The summed E-state index contributed by atoms with van der Waals surface area (Å²) in [5.41, 5.74) is -2.07. The summed E-state index contributed by atoms with van der Waals surface area (Å²) in [6, 6.07) is 3.13. The molecule has 0 saturated heterocycles. The number of nitriles is 1. The number of nitrogens with zero attached hydrogens (tertiary/aromatic N) is 2. The molecule has 2 amide bonds. The first kappa shape index (κ1) is 23.7. The number of carbonyl (C=O) groups is 2. The first-order chi connectivity index (χ1) is 12.7. The van der Waals surface area contributed by atoms with Gasteiger partial charge in [0.15, 0.2) is 0 Å². The van der Waals surface area contributed by atoms with Crippen molar-refractivity contribution in [1.29, 1.82) is 5.26 Å². The van der Waals surface area contributed by atoms with Crippen molar-refractivity contribution in [2.75, 3.05) is 11.5 Å². The topological polar surface area (TPSA) is 120 Å². The molecule has 0 bridgehead atoms. The number of aliphatic hydroxyl groups excluding tert-OH is 1. The van der Waals surface area contributed by atoms with Crippen LogP contribution in [0.2, 0.25) is 0 Å². The van der Waals surface area contributed by atoms with Crippen molar-refractivity contribution in [3.05, 3.63) is 21.7 Å². The van der Waals surface area contributed by atoms with Crippen LogP contribution in [0.3, 0.4) is 0 Å². The molecule has 9 heteroatoms. The van der Waals surface area contributed by atoms with Crippen LogP contribution in [0.4, 0.5) is 15.3 Å². The molecule has 0 aromatic heterocycles. The van der Waals surface area contributed by atoms with Crippen LogP contribution in [0.25, 0.3) is 0 Å². The Hall–Kier alpha value is -2.31. The standard InChI is InChI=1S/C19H25BrN2O6/c1-18(2,3)27-16(25)22(17(26)28-19(4,5)6)14-9-13(20)11(7-8-23)15(24)12(14)10-21/h9,23-24H,7-8H2,1-6H3. The molecule has 1 aromatic carbocycles. The molecule has 1 rings (SSSR count). The van der Waals surface area contributed by atoms with Gasteiger partial charge in [-0.1, -0.05) is 15.9 Å². The quantitative estimate of drug-likeness (QED) is 0.697. The molecule has 0 spiro atoms. The minimum atomic E-state index is -1.06. The van der Waals surface area contributed by atoms with Gasteiger partial charge in [-0.15, -0.1) is 0 Å². The second-order valence-electron chi connectivity index (χ2n) is 7.96. The lowest BCUT2D eigenvalue weighted by atomic mass is 10.0. The Labute approximate surface area is 172 Å². The highest BCUT2D eigenvalue weighted by Gasteiger charge is 2.35. The van der Waals surface area contributed by atoms with Crippen LogP contribution in [0, 0.1) is 11.3 Å². The molecule has 0 heterocycles. The molecular formula is C19H25BrN2O6. The maximum Gasteiger partial charge on any atom is 0.424 e. The summed E-state index contributed by atoms with van der Waals surface area (Å²) in [5.74, 6) is -0.446. The van der Waals surface area contributed by atoms with Gasteiger partial charge in [-0.3, -0.25) is 0 Å². The normalized spacial score (nSPS) is 11.5. The van der Waals surface area contributed by atoms with Gasteiger partial charge >= 0.3 is 12.2 Å². The highest BCUT2D eigenvalue weighted by Crippen LogP contribution is 2.38. The van der Waals surface area contributed by atoms with E-state index >= 15 is 0 Å². The van der Waals surface area contributed by atoms with Gasteiger partial charge in [-0.25, -0.2) is 9.59 Å². The van der Waals surface area contributed by atoms with Crippen molar-refractivity contribution in [2.45, 2.75) is 59.2 Å². The van der Waals surface area contributed by atoms with E-state index in [1.54, 1.807) is 47.6 Å². The summed E-state index contributed by atoms with van der Waals surface area (Å²) in [5, 5.41) is 29.2. The highest BCUT2D eigenvalue weighted by atomic mass is 79.9. The number of hydrogen-bond acceptors (Lipinski definition) is 7. The molecule has 8 nitrogen and oxygen atoms in total. The molecule has 0 saturated carbocycles. The van der Waals surface area contributed by atoms with Gasteiger partial charge in [0.05, 0.1) is 5.69 Å². The zero-order chi connectivity index (χ0) is 21.9. The molecular weight excluding hydrogens is 432 g/mol. The van der Waals surface area contributed by atoms with Gasteiger partial charge < -0.3 is 19.7 Å². The van der Waals surface area contributed by atoms with E-state index in [0.29, 0.717) is 9.37 Å². The predicted octanol–water partition coefficient (Wildman–Crippen LogP) is 4.24. The smallest absolute Gasteiger partial charge is 0.424 e. The second-order valence-corrected chi connectivity index (χ2v) is 8.82. The third kappa shape index (κ3) is 6.11. The number of aliphatic hydroxyl groups is 1. The number of rotatable bonds is 3. The molecule has 0 fully saturated rings. The number of imide groups is 1. The van der Waals surface area contributed by atoms with Crippen LogP contribution in [-0.2, 0) is 15.9 Å². The molecule has 0 radical (unpaired) electrons. The summed E-state index contributed by atoms with van der Waals surface area (Å²) in [7, 11) is 0. The van der Waals surface area contributed by atoms with Crippen LogP contribution < -0.4 is 4.90 Å². The minimum absolute atomic E-state index is 0.0697. The van der Waals surface area contributed by atoms with E-state index in [2.05, 4.69) is 15.9 Å². The van der Waals surface area contributed by atoms with E-state index < -0.39 is 29.1 Å². The van der Waals surface area contributed by atoms with Crippen molar-refractivity contribution in [2.24, 2.45) is 0 Å². The fourth-order valence-electron chi connectivity index (χ4n) is 2.19. The van der Waals surface area contributed by atoms with Crippen molar-refractivity contribution in [3.8, 4) is 11.8 Å². The van der Waals surface area contributed by atoms with Crippen LogP contribution in [0.1, 0.15) is 52.7 Å². The summed E-state index contributed by atoms with van der Waals surface area (Å²) < 4.78 is 10.9. The average Bonchev–Trinajstić information content (AvgIpc) is 2.48. The molecule has 2 N–H and O–H groups in total. The van der Waals surface area contributed by atoms with E-state index in [-0.39, 0.29) is 29.8 Å². The SMILES string of the molecule is CC(C)(C)OC(=O)N(C(=O)OC(C)(C)C)c1cc(Br)c(CCO)c(O)c1C#N. The van der Waals surface area contributed by atoms with Gasteiger partial charge in [0.2, 0.25) is 0 Å². The summed E-state index contributed by atoms with van der Waals surface area (Å²) in [6.07, 6.45) is -2.04. The van der Waals surface area contributed by atoms with Crippen molar-refractivity contribution < 1.29 is 29.3 Å². The van der Waals surface area contributed by atoms with E-state index in [1.807, 2.05) is 0 Å². The molecule has 154 valence electrons. The lowest BCUT2D eigenvalue weighted by Gasteiger charge is -2.29. The molecule has 28 heavy (non-hydrogen) atoms. The number of phenolic OH excluding ortho intramolecular Hbond substituents is 1. The fourth-order valence-corrected chi connectivity index (χ4v) is 2.79. The number of anilines is 1. The summed E-state index contributed by atoms with van der Waals surface area (Å²) in [4.78, 5) is 26.1. The average molecular weight is 457 g/mol. The highest BCUT2D eigenvalue weighted by molar-refractivity contribution is 9.10. The van der Waals surface area contributed by atoms with E-state index in [9.17, 15) is 20.0 Å². The maximum atomic E-state index is 12.7. The lowest BCUT2D eigenvalue weighted by molar-refractivity contribution is 0.0430. The van der Waals surface area contributed by atoms with Crippen molar-refractivity contribution in [1.82, 2.24) is 0 Å². The Morgan fingerprint density at radius 2 is 1.61 bits per heavy atom. The van der Waals surface area contributed by atoms with Gasteiger partial charge in [0.1, 0.15) is 28.6 Å². The first-order valence-corrected chi connectivity index (χ1v) is 9.32. The second kappa shape index (κ2) is 8.80. The van der Waals surface area contributed by atoms with Gasteiger partial charge in [-0.05, 0) is 47.6 Å². The van der Waals surface area contributed by atoms with Gasteiger partial charge in [0, 0.05) is 23.1 Å². The zero-order valence-electron chi connectivity index (χ0n) is 16.8. The third-order valence-electron chi connectivity index (χ3n) is 3.20.